The van der Waals surface area contributed by atoms with Gasteiger partial charge in [-0.15, -0.1) is 0 Å². The molecule has 1 amide bonds. The molecule has 0 aliphatic heterocycles. The molecule has 10 heteroatoms. The van der Waals surface area contributed by atoms with E-state index in [1.807, 2.05) is 24.4 Å². The molecule has 0 bridgehead atoms. The molecule has 3 rings (SSSR count). The van der Waals surface area contributed by atoms with Crippen molar-refractivity contribution in [3.05, 3.63) is 60.6 Å². The summed E-state index contributed by atoms with van der Waals surface area (Å²) in [7, 11) is -3.94. The number of amides is 1. The van der Waals surface area contributed by atoms with E-state index < -0.39 is 22.0 Å². The maximum atomic E-state index is 12.5. The summed E-state index contributed by atoms with van der Waals surface area (Å²) in [6.07, 6.45) is 3.55. The number of carbonyl (C=O) groups excluding carboxylic acids is 2. The van der Waals surface area contributed by atoms with Crippen molar-refractivity contribution >= 4 is 33.2 Å². The Kier molecular flexibility index (Phi) is 5.95. The lowest BCUT2D eigenvalue weighted by atomic mass is 10.3. The Morgan fingerprint density at radius 1 is 1.17 bits per heavy atom. The van der Waals surface area contributed by atoms with E-state index in [9.17, 15) is 18.0 Å². The van der Waals surface area contributed by atoms with Crippen molar-refractivity contribution in [1.82, 2.24) is 14.1 Å². The first kappa shape index (κ1) is 20.5. The van der Waals surface area contributed by atoms with Crippen molar-refractivity contribution in [3.63, 3.8) is 0 Å². The normalized spacial score (nSPS) is 12.5. The first-order chi connectivity index (χ1) is 13.7. The molecule has 0 aliphatic carbocycles. The number of ether oxygens (including phenoxy) is 1. The van der Waals surface area contributed by atoms with Gasteiger partial charge in [-0.1, -0.05) is 6.07 Å². The van der Waals surface area contributed by atoms with Gasteiger partial charge in [-0.05, 0) is 43.3 Å². The zero-order chi connectivity index (χ0) is 21.0. The van der Waals surface area contributed by atoms with E-state index in [1.54, 1.807) is 10.6 Å². The second-order valence-corrected chi connectivity index (χ2v) is 8.07. The van der Waals surface area contributed by atoms with Crippen molar-refractivity contribution in [2.75, 3.05) is 5.32 Å². The van der Waals surface area contributed by atoms with E-state index in [2.05, 4.69) is 15.0 Å². The Morgan fingerprint density at radius 2 is 1.90 bits per heavy atom. The molecule has 0 unspecified atom stereocenters. The van der Waals surface area contributed by atoms with Gasteiger partial charge < -0.3 is 14.5 Å². The number of aromatic nitrogens is 2. The van der Waals surface area contributed by atoms with Gasteiger partial charge in [-0.2, -0.15) is 4.72 Å². The zero-order valence-corrected chi connectivity index (χ0v) is 16.6. The fourth-order valence-corrected chi connectivity index (χ4v) is 3.79. The number of sulfonamides is 1. The predicted molar refractivity (Wildman–Crippen MR) is 106 cm³/mol. The Hall–Kier alpha value is -3.24. The van der Waals surface area contributed by atoms with Crippen LogP contribution in [0.2, 0.25) is 0 Å². The molecular formula is C19H20N4O5S. The Labute approximate surface area is 167 Å². The zero-order valence-electron chi connectivity index (χ0n) is 15.8. The van der Waals surface area contributed by atoms with Gasteiger partial charge in [0, 0.05) is 25.0 Å². The number of hydrogen-bond donors (Lipinski definition) is 2. The average molecular weight is 416 g/mol. The lowest BCUT2D eigenvalue weighted by Gasteiger charge is -2.13. The SMILES string of the molecule is CC(=O)Nc1ccc(S(=O)(=O)N[C@@H](C)C(=O)OCc2cn3ccccc3n2)cc1. The van der Waals surface area contributed by atoms with Crippen molar-refractivity contribution < 1.29 is 22.7 Å². The number of fused-ring (bicyclic) bond motifs is 1. The quantitative estimate of drug-likeness (QED) is 0.566. The monoisotopic (exact) mass is 416 g/mol. The van der Waals surface area contributed by atoms with Crippen LogP contribution in [0.15, 0.2) is 59.8 Å². The van der Waals surface area contributed by atoms with Gasteiger partial charge in [0.25, 0.3) is 0 Å². The van der Waals surface area contributed by atoms with E-state index in [0.29, 0.717) is 11.4 Å². The summed E-state index contributed by atoms with van der Waals surface area (Å²) in [5.74, 6) is -0.985. The second kappa shape index (κ2) is 8.41. The van der Waals surface area contributed by atoms with E-state index in [0.717, 1.165) is 5.65 Å². The van der Waals surface area contributed by atoms with Crippen LogP contribution in [-0.2, 0) is 31.0 Å². The van der Waals surface area contributed by atoms with Gasteiger partial charge in [0.05, 0.1) is 10.6 Å². The minimum atomic E-state index is -3.94. The summed E-state index contributed by atoms with van der Waals surface area (Å²) >= 11 is 0. The molecule has 0 saturated carbocycles. The van der Waals surface area contributed by atoms with E-state index in [1.165, 1.54) is 38.1 Å². The van der Waals surface area contributed by atoms with Crippen LogP contribution in [0.1, 0.15) is 19.5 Å². The van der Waals surface area contributed by atoms with E-state index >= 15 is 0 Å². The molecule has 9 nitrogen and oxygen atoms in total. The minimum Gasteiger partial charge on any atom is -0.458 e. The first-order valence-corrected chi connectivity index (χ1v) is 10.2. The fourth-order valence-electron chi connectivity index (χ4n) is 2.60. The van der Waals surface area contributed by atoms with Crippen LogP contribution in [0.5, 0.6) is 0 Å². The molecule has 0 saturated heterocycles. The van der Waals surface area contributed by atoms with E-state index in [-0.39, 0.29) is 17.4 Å². The lowest BCUT2D eigenvalue weighted by molar-refractivity contribution is -0.146. The van der Waals surface area contributed by atoms with Crippen molar-refractivity contribution in [2.24, 2.45) is 0 Å². The highest BCUT2D eigenvalue weighted by molar-refractivity contribution is 7.89. The largest absolute Gasteiger partial charge is 0.458 e. The number of hydrogen-bond acceptors (Lipinski definition) is 6. The van der Waals surface area contributed by atoms with Crippen LogP contribution in [0, 0.1) is 0 Å². The molecule has 0 spiro atoms. The first-order valence-electron chi connectivity index (χ1n) is 8.74. The van der Waals surface area contributed by atoms with Gasteiger partial charge in [-0.25, -0.2) is 13.4 Å². The van der Waals surface area contributed by atoms with Gasteiger partial charge in [0.1, 0.15) is 18.3 Å². The summed E-state index contributed by atoms with van der Waals surface area (Å²) in [5.41, 5.74) is 1.74. The molecule has 0 radical (unpaired) electrons. The van der Waals surface area contributed by atoms with Crippen LogP contribution < -0.4 is 10.0 Å². The Morgan fingerprint density at radius 3 is 2.55 bits per heavy atom. The number of imidazole rings is 1. The number of anilines is 1. The van der Waals surface area contributed by atoms with Crippen LogP contribution in [-0.4, -0.2) is 35.7 Å². The number of nitrogens with one attached hydrogen (secondary N) is 2. The molecular weight excluding hydrogens is 396 g/mol. The molecule has 2 N–H and O–H groups in total. The van der Waals surface area contributed by atoms with Crippen LogP contribution in [0.25, 0.3) is 5.65 Å². The number of esters is 1. The summed E-state index contributed by atoms with van der Waals surface area (Å²) < 4.78 is 34.1. The molecule has 152 valence electrons. The predicted octanol–water partition coefficient (Wildman–Crippen LogP) is 1.70. The maximum absolute atomic E-state index is 12.5. The molecule has 2 heterocycles. The highest BCUT2D eigenvalue weighted by Crippen LogP contribution is 2.15. The lowest BCUT2D eigenvalue weighted by Crippen LogP contribution is -2.39. The molecule has 2 aromatic heterocycles. The highest BCUT2D eigenvalue weighted by Gasteiger charge is 2.23. The minimum absolute atomic E-state index is 0.0356. The summed E-state index contributed by atoms with van der Waals surface area (Å²) in [5, 5.41) is 2.55. The number of nitrogens with zero attached hydrogens (tertiary/aromatic N) is 2. The van der Waals surface area contributed by atoms with Crippen LogP contribution in [0.4, 0.5) is 5.69 Å². The molecule has 0 aliphatic rings. The molecule has 29 heavy (non-hydrogen) atoms. The van der Waals surface area contributed by atoms with Crippen molar-refractivity contribution in [2.45, 2.75) is 31.4 Å². The van der Waals surface area contributed by atoms with Gasteiger partial charge in [0.15, 0.2) is 0 Å². The summed E-state index contributed by atoms with van der Waals surface area (Å²) in [4.78, 5) is 27.5. The number of pyridine rings is 1. The second-order valence-electron chi connectivity index (χ2n) is 6.35. The third-order valence-corrected chi connectivity index (χ3v) is 5.50. The third kappa shape index (κ3) is 5.18. The fraction of sp³-hybridized carbons (Fsp3) is 0.211. The Balaban J connectivity index is 1.59. The topological polar surface area (TPSA) is 119 Å². The van der Waals surface area contributed by atoms with Gasteiger partial charge in [-0.3, -0.25) is 9.59 Å². The van der Waals surface area contributed by atoms with Crippen molar-refractivity contribution in [1.29, 1.82) is 0 Å². The molecule has 1 atom stereocenters. The van der Waals surface area contributed by atoms with Crippen molar-refractivity contribution in [3.8, 4) is 0 Å². The standard InChI is InChI=1S/C19H20N4O5S/c1-13(19(25)28-12-16-11-23-10-4-3-5-18(23)21-16)22-29(26,27)17-8-6-15(7-9-17)20-14(2)24/h3-11,13,22H,12H2,1-2H3,(H,20,24)/t13-/m0/s1. The summed E-state index contributed by atoms with van der Waals surface area (Å²) in [6.45, 7) is 2.68. The number of benzene rings is 1. The molecule has 1 aromatic carbocycles. The van der Waals surface area contributed by atoms with Crippen LogP contribution in [0.3, 0.4) is 0 Å². The average Bonchev–Trinajstić information content (AvgIpc) is 3.08. The molecule has 0 fully saturated rings. The number of rotatable bonds is 7. The van der Waals surface area contributed by atoms with E-state index in [4.69, 9.17) is 4.74 Å². The Bertz CT molecular complexity index is 1110. The summed E-state index contributed by atoms with van der Waals surface area (Å²) in [6, 6.07) is 10.0. The maximum Gasteiger partial charge on any atom is 0.324 e. The highest BCUT2D eigenvalue weighted by atomic mass is 32.2. The van der Waals surface area contributed by atoms with Crippen LogP contribution >= 0.6 is 0 Å². The van der Waals surface area contributed by atoms with Gasteiger partial charge in [0.2, 0.25) is 15.9 Å². The molecule has 3 aromatic rings. The van der Waals surface area contributed by atoms with Gasteiger partial charge >= 0.3 is 5.97 Å². The smallest absolute Gasteiger partial charge is 0.324 e. The third-order valence-electron chi connectivity index (χ3n) is 3.95. The number of carbonyl (C=O) groups is 2.